The molecule has 0 spiro atoms. The molecular formula is C11H20N2. The number of aromatic nitrogens is 2. The molecule has 0 atom stereocenters. The van der Waals surface area contributed by atoms with E-state index in [1.807, 2.05) is 20.0 Å². The van der Waals surface area contributed by atoms with Crippen molar-refractivity contribution in [3.63, 3.8) is 0 Å². The molecule has 1 aliphatic rings. The number of nitrogens with zero attached hydrogens (tertiary/aromatic N) is 2. The van der Waals surface area contributed by atoms with Gasteiger partial charge in [-0.25, -0.2) is 4.98 Å². The van der Waals surface area contributed by atoms with E-state index in [9.17, 15) is 0 Å². The third kappa shape index (κ3) is 2.33. The lowest BCUT2D eigenvalue weighted by Gasteiger charge is -2.03. The molecule has 0 N–H and O–H groups in total. The molecular weight excluding hydrogens is 160 g/mol. The Morgan fingerprint density at radius 3 is 2.77 bits per heavy atom. The Bertz CT molecular complexity index is 251. The monoisotopic (exact) mass is 180 g/mol. The second-order valence-corrected chi connectivity index (χ2v) is 3.28. The van der Waals surface area contributed by atoms with Gasteiger partial charge in [-0.3, -0.25) is 0 Å². The van der Waals surface area contributed by atoms with Crippen molar-refractivity contribution in [2.45, 2.75) is 53.0 Å². The first-order valence-electron chi connectivity index (χ1n) is 5.39. The van der Waals surface area contributed by atoms with Gasteiger partial charge in [0, 0.05) is 24.9 Å². The summed E-state index contributed by atoms with van der Waals surface area (Å²) >= 11 is 0. The van der Waals surface area contributed by atoms with Crippen LogP contribution in [0, 0.1) is 6.92 Å². The van der Waals surface area contributed by atoms with Crippen molar-refractivity contribution in [1.82, 2.24) is 9.55 Å². The molecule has 0 amide bonds. The Morgan fingerprint density at radius 2 is 2.00 bits per heavy atom. The molecule has 2 heterocycles. The number of fused-ring (bicyclic) bond motifs is 1. The Labute approximate surface area is 81.0 Å². The predicted molar refractivity (Wildman–Crippen MR) is 55.9 cm³/mol. The highest BCUT2D eigenvalue weighted by Crippen LogP contribution is 2.14. The molecule has 2 rings (SSSR count). The molecule has 0 saturated heterocycles. The third-order valence-corrected chi connectivity index (χ3v) is 2.42. The van der Waals surface area contributed by atoms with E-state index in [2.05, 4.69) is 16.5 Å². The summed E-state index contributed by atoms with van der Waals surface area (Å²) in [5, 5.41) is 0. The Morgan fingerprint density at radius 1 is 1.23 bits per heavy atom. The van der Waals surface area contributed by atoms with Gasteiger partial charge in [-0.05, 0) is 19.8 Å². The molecule has 2 heteroatoms. The van der Waals surface area contributed by atoms with Crippen molar-refractivity contribution < 1.29 is 0 Å². The zero-order chi connectivity index (χ0) is 9.68. The van der Waals surface area contributed by atoms with Crippen LogP contribution in [-0.4, -0.2) is 9.55 Å². The molecule has 0 radical (unpaired) electrons. The van der Waals surface area contributed by atoms with Crippen LogP contribution in [0.25, 0.3) is 0 Å². The lowest BCUT2D eigenvalue weighted by Crippen LogP contribution is -2.01. The highest BCUT2D eigenvalue weighted by molar-refractivity contribution is 5.04. The summed E-state index contributed by atoms with van der Waals surface area (Å²) in [4.78, 5) is 4.38. The molecule has 0 unspecified atom stereocenters. The molecule has 0 fully saturated rings. The molecule has 1 aromatic rings. The first-order valence-corrected chi connectivity index (χ1v) is 5.39. The number of imidazole rings is 1. The van der Waals surface area contributed by atoms with Crippen LogP contribution in [0.4, 0.5) is 0 Å². The Balaban J connectivity index is 0.000000396. The van der Waals surface area contributed by atoms with E-state index in [0.29, 0.717) is 0 Å². The normalized spacial score (nSPS) is 15.3. The van der Waals surface area contributed by atoms with Crippen molar-refractivity contribution in [3.8, 4) is 0 Å². The van der Waals surface area contributed by atoms with Crippen LogP contribution in [0.3, 0.4) is 0 Å². The largest absolute Gasteiger partial charge is 0.332 e. The average molecular weight is 180 g/mol. The SMILES string of the molecule is CC.Cc1cnc2n1CCCCC2. The summed E-state index contributed by atoms with van der Waals surface area (Å²) in [6.07, 6.45) is 7.16. The van der Waals surface area contributed by atoms with Gasteiger partial charge >= 0.3 is 0 Å². The van der Waals surface area contributed by atoms with Gasteiger partial charge in [-0.1, -0.05) is 20.3 Å². The molecule has 1 aromatic heterocycles. The van der Waals surface area contributed by atoms with Crippen LogP contribution < -0.4 is 0 Å². The molecule has 74 valence electrons. The predicted octanol–water partition coefficient (Wildman–Crippen LogP) is 2.94. The Kier molecular flexibility index (Phi) is 4.00. The summed E-state index contributed by atoms with van der Waals surface area (Å²) in [6, 6.07) is 0. The van der Waals surface area contributed by atoms with Crippen LogP contribution in [-0.2, 0) is 13.0 Å². The van der Waals surface area contributed by atoms with E-state index >= 15 is 0 Å². The highest BCUT2D eigenvalue weighted by Gasteiger charge is 2.09. The molecule has 0 bridgehead atoms. The number of hydrogen-bond acceptors (Lipinski definition) is 1. The van der Waals surface area contributed by atoms with Crippen molar-refractivity contribution >= 4 is 0 Å². The average Bonchev–Trinajstić information content (AvgIpc) is 2.44. The van der Waals surface area contributed by atoms with Crippen LogP contribution >= 0.6 is 0 Å². The third-order valence-electron chi connectivity index (χ3n) is 2.42. The van der Waals surface area contributed by atoms with Gasteiger partial charge < -0.3 is 4.57 Å². The minimum atomic E-state index is 1.17. The smallest absolute Gasteiger partial charge is 0.108 e. The van der Waals surface area contributed by atoms with Gasteiger partial charge in [0.15, 0.2) is 0 Å². The van der Waals surface area contributed by atoms with Gasteiger partial charge in [0.05, 0.1) is 0 Å². The van der Waals surface area contributed by atoms with Crippen LogP contribution in [0.1, 0.15) is 44.6 Å². The lowest BCUT2D eigenvalue weighted by atomic mass is 10.2. The zero-order valence-electron chi connectivity index (χ0n) is 9.01. The van der Waals surface area contributed by atoms with E-state index in [1.165, 1.54) is 43.7 Å². The quantitative estimate of drug-likeness (QED) is 0.600. The van der Waals surface area contributed by atoms with Crippen LogP contribution in [0.5, 0.6) is 0 Å². The molecule has 0 saturated carbocycles. The molecule has 0 aromatic carbocycles. The zero-order valence-corrected chi connectivity index (χ0v) is 9.01. The fourth-order valence-electron chi connectivity index (χ4n) is 1.75. The number of aryl methyl sites for hydroxylation is 2. The second-order valence-electron chi connectivity index (χ2n) is 3.28. The van der Waals surface area contributed by atoms with E-state index in [1.54, 1.807) is 0 Å². The minimum absolute atomic E-state index is 1.17. The maximum atomic E-state index is 4.38. The standard InChI is InChI=1S/C9H14N2.C2H6/c1-8-7-10-9-5-3-2-4-6-11(8)9;1-2/h7H,2-6H2,1H3;1-2H3. The number of hydrogen-bond donors (Lipinski definition) is 0. The summed E-state index contributed by atoms with van der Waals surface area (Å²) in [6.45, 7) is 7.32. The van der Waals surface area contributed by atoms with Gasteiger partial charge in [-0.15, -0.1) is 0 Å². The summed E-state index contributed by atoms with van der Waals surface area (Å²) in [5.74, 6) is 1.29. The first kappa shape index (κ1) is 10.3. The van der Waals surface area contributed by atoms with Gasteiger partial charge in [0.1, 0.15) is 5.82 Å². The summed E-state index contributed by atoms with van der Waals surface area (Å²) < 4.78 is 2.35. The van der Waals surface area contributed by atoms with Crippen molar-refractivity contribution in [3.05, 3.63) is 17.7 Å². The number of rotatable bonds is 0. The molecule has 2 nitrogen and oxygen atoms in total. The summed E-state index contributed by atoms with van der Waals surface area (Å²) in [7, 11) is 0. The van der Waals surface area contributed by atoms with E-state index in [4.69, 9.17) is 0 Å². The van der Waals surface area contributed by atoms with Crippen molar-refractivity contribution in [1.29, 1.82) is 0 Å². The van der Waals surface area contributed by atoms with Gasteiger partial charge in [0.2, 0.25) is 0 Å². The van der Waals surface area contributed by atoms with E-state index in [-0.39, 0.29) is 0 Å². The minimum Gasteiger partial charge on any atom is -0.332 e. The highest BCUT2D eigenvalue weighted by atomic mass is 15.1. The fourth-order valence-corrected chi connectivity index (χ4v) is 1.75. The van der Waals surface area contributed by atoms with Crippen molar-refractivity contribution in [2.24, 2.45) is 0 Å². The Hall–Kier alpha value is -0.790. The maximum absolute atomic E-state index is 4.38. The first-order chi connectivity index (χ1) is 6.38. The fraction of sp³-hybridized carbons (Fsp3) is 0.727. The molecule has 13 heavy (non-hydrogen) atoms. The second kappa shape index (κ2) is 5.05. The van der Waals surface area contributed by atoms with Crippen LogP contribution in [0.15, 0.2) is 6.20 Å². The van der Waals surface area contributed by atoms with E-state index in [0.717, 1.165) is 0 Å². The summed E-state index contributed by atoms with van der Waals surface area (Å²) in [5.41, 5.74) is 1.32. The van der Waals surface area contributed by atoms with Gasteiger partial charge in [-0.2, -0.15) is 0 Å². The lowest BCUT2D eigenvalue weighted by molar-refractivity contribution is 0.623. The van der Waals surface area contributed by atoms with E-state index < -0.39 is 0 Å². The molecule has 1 aliphatic heterocycles. The van der Waals surface area contributed by atoms with Gasteiger partial charge in [0.25, 0.3) is 0 Å². The topological polar surface area (TPSA) is 17.8 Å². The van der Waals surface area contributed by atoms with Crippen LogP contribution in [0.2, 0.25) is 0 Å². The molecule has 0 aliphatic carbocycles. The maximum Gasteiger partial charge on any atom is 0.108 e. The van der Waals surface area contributed by atoms with Crippen molar-refractivity contribution in [2.75, 3.05) is 0 Å².